The Morgan fingerprint density at radius 3 is 3.05 bits per heavy atom. The molecule has 0 bridgehead atoms. The fraction of sp³-hybridized carbons (Fsp3) is 0.500. The number of carbonyl (C=O) groups is 1. The van der Waals surface area contributed by atoms with Crippen LogP contribution < -0.4 is 10.6 Å². The highest BCUT2D eigenvalue weighted by atomic mass is 79.9. The molecule has 1 aliphatic carbocycles. The van der Waals surface area contributed by atoms with E-state index in [2.05, 4.69) is 38.7 Å². The van der Waals surface area contributed by atoms with Gasteiger partial charge in [-0.05, 0) is 30.0 Å². The minimum atomic E-state index is -0.357. The van der Waals surface area contributed by atoms with Gasteiger partial charge in [-0.2, -0.15) is 0 Å². The molecule has 6 heteroatoms. The molecule has 1 aromatic rings. The Kier molecular flexibility index (Phi) is 5.43. The third-order valence-electron chi connectivity index (χ3n) is 3.75. The number of amides is 1. The molecule has 0 aromatic heterocycles. The smallest absolute Gasteiger partial charge is 0.250 e. The van der Waals surface area contributed by atoms with Crippen LogP contribution in [-0.2, 0) is 16.0 Å². The van der Waals surface area contributed by atoms with Crippen molar-refractivity contribution in [1.82, 2.24) is 10.6 Å². The first-order chi connectivity index (χ1) is 9.25. The standard InChI is InChI=1S/C14H17BrN2O2.ClH/c15-11-3-1-2-10-9(11)4-5-12(10)17-14(18)13-8-16-6-7-19-13;/h1-3,12-13,16H,4-8H2,(H,17,18);1H. The summed E-state index contributed by atoms with van der Waals surface area (Å²) in [6.07, 6.45) is 1.61. The van der Waals surface area contributed by atoms with Gasteiger partial charge in [0.2, 0.25) is 0 Å². The van der Waals surface area contributed by atoms with Gasteiger partial charge in [-0.3, -0.25) is 4.79 Å². The molecule has 110 valence electrons. The third-order valence-corrected chi connectivity index (χ3v) is 4.49. The highest BCUT2D eigenvalue weighted by Gasteiger charge is 2.29. The Hall–Kier alpha value is -0.620. The Balaban J connectivity index is 0.00000147. The fourth-order valence-electron chi connectivity index (χ4n) is 2.76. The highest BCUT2D eigenvalue weighted by Crippen LogP contribution is 2.35. The Morgan fingerprint density at radius 2 is 2.30 bits per heavy atom. The van der Waals surface area contributed by atoms with Crippen molar-refractivity contribution < 1.29 is 9.53 Å². The summed E-state index contributed by atoms with van der Waals surface area (Å²) in [6.45, 7) is 2.03. The van der Waals surface area contributed by atoms with E-state index in [1.54, 1.807) is 0 Å². The van der Waals surface area contributed by atoms with Crippen molar-refractivity contribution in [3.8, 4) is 0 Å². The summed E-state index contributed by atoms with van der Waals surface area (Å²) in [6, 6.07) is 6.28. The summed E-state index contributed by atoms with van der Waals surface area (Å²) < 4.78 is 6.61. The van der Waals surface area contributed by atoms with E-state index in [-0.39, 0.29) is 30.5 Å². The van der Waals surface area contributed by atoms with Gasteiger partial charge in [0.1, 0.15) is 6.10 Å². The van der Waals surface area contributed by atoms with E-state index in [0.717, 1.165) is 23.9 Å². The summed E-state index contributed by atoms with van der Waals surface area (Å²) in [5.74, 6) is -0.00924. The van der Waals surface area contributed by atoms with Crippen LogP contribution in [0.15, 0.2) is 22.7 Å². The van der Waals surface area contributed by atoms with E-state index in [1.807, 2.05) is 6.07 Å². The van der Waals surface area contributed by atoms with Crippen LogP contribution in [-0.4, -0.2) is 31.7 Å². The summed E-state index contributed by atoms with van der Waals surface area (Å²) in [7, 11) is 0. The van der Waals surface area contributed by atoms with E-state index in [4.69, 9.17) is 4.74 Å². The average Bonchev–Trinajstić information content (AvgIpc) is 2.84. The van der Waals surface area contributed by atoms with Crippen molar-refractivity contribution in [3.05, 3.63) is 33.8 Å². The molecule has 0 spiro atoms. The lowest BCUT2D eigenvalue weighted by molar-refractivity contribution is -0.135. The lowest BCUT2D eigenvalue weighted by atomic mass is 10.1. The van der Waals surface area contributed by atoms with Crippen LogP contribution in [0.4, 0.5) is 0 Å². The van der Waals surface area contributed by atoms with Gasteiger partial charge < -0.3 is 15.4 Å². The minimum Gasteiger partial charge on any atom is -0.366 e. The second-order valence-corrected chi connectivity index (χ2v) is 5.83. The molecular weight excluding hydrogens is 344 g/mol. The van der Waals surface area contributed by atoms with Gasteiger partial charge in [0.05, 0.1) is 12.6 Å². The third kappa shape index (κ3) is 3.17. The molecule has 0 saturated carbocycles. The second kappa shape index (κ2) is 6.89. The molecule has 1 aliphatic heterocycles. The highest BCUT2D eigenvalue weighted by molar-refractivity contribution is 9.10. The molecule has 2 N–H and O–H groups in total. The van der Waals surface area contributed by atoms with Crippen LogP contribution >= 0.6 is 28.3 Å². The predicted molar refractivity (Wildman–Crippen MR) is 83.2 cm³/mol. The number of hydrogen-bond donors (Lipinski definition) is 2. The van der Waals surface area contributed by atoms with E-state index >= 15 is 0 Å². The number of benzene rings is 1. The van der Waals surface area contributed by atoms with Gasteiger partial charge in [-0.25, -0.2) is 0 Å². The van der Waals surface area contributed by atoms with E-state index < -0.39 is 0 Å². The van der Waals surface area contributed by atoms with Crippen LogP contribution in [0.5, 0.6) is 0 Å². The number of rotatable bonds is 2. The first-order valence-electron chi connectivity index (χ1n) is 6.65. The number of carbonyl (C=O) groups excluding carboxylic acids is 1. The topological polar surface area (TPSA) is 50.4 Å². The Labute approximate surface area is 133 Å². The molecule has 2 unspecified atom stereocenters. The largest absolute Gasteiger partial charge is 0.366 e. The molecule has 20 heavy (non-hydrogen) atoms. The summed E-state index contributed by atoms with van der Waals surface area (Å²) in [5, 5.41) is 6.28. The minimum absolute atomic E-state index is 0. The first-order valence-corrected chi connectivity index (χ1v) is 7.45. The molecule has 2 aliphatic rings. The van der Waals surface area contributed by atoms with Crippen molar-refractivity contribution >= 4 is 34.2 Å². The van der Waals surface area contributed by atoms with Crippen LogP contribution in [0.25, 0.3) is 0 Å². The number of morpholine rings is 1. The van der Waals surface area contributed by atoms with Crippen LogP contribution in [0, 0.1) is 0 Å². The summed E-state index contributed by atoms with van der Waals surface area (Å²) in [4.78, 5) is 12.2. The number of nitrogens with one attached hydrogen (secondary N) is 2. The number of ether oxygens (including phenoxy) is 1. The quantitative estimate of drug-likeness (QED) is 0.847. The van der Waals surface area contributed by atoms with Gasteiger partial charge in [-0.1, -0.05) is 28.1 Å². The monoisotopic (exact) mass is 360 g/mol. The van der Waals surface area contributed by atoms with Crippen LogP contribution in [0.1, 0.15) is 23.6 Å². The van der Waals surface area contributed by atoms with Crippen LogP contribution in [0.2, 0.25) is 0 Å². The normalized spacial score (nSPS) is 24.6. The van der Waals surface area contributed by atoms with Crippen molar-refractivity contribution in [2.75, 3.05) is 19.7 Å². The molecule has 1 aromatic carbocycles. The van der Waals surface area contributed by atoms with Gasteiger partial charge >= 0.3 is 0 Å². The lowest BCUT2D eigenvalue weighted by Crippen LogP contribution is -2.48. The summed E-state index contributed by atoms with van der Waals surface area (Å²) in [5.41, 5.74) is 2.54. The zero-order valence-electron chi connectivity index (χ0n) is 11.0. The molecule has 2 atom stereocenters. The summed E-state index contributed by atoms with van der Waals surface area (Å²) >= 11 is 3.57. The molecule has 1 saturated heterocycles. The van der Waals surface area contributed by atoms with Gasteiger partial charge in [0, 0.05) is 17.6 Å². The number of fused-ring (bicyclic) bond motifs is 1. The maximum absolute atomic E-state index is 12.2. The zero-order chi connectivity index (χ0) is 13.2. The lowest BCUT2D eigenvalue weighted by Gasteiger charge is -2.24. The predicted octanol–water partition coefficient (Wildman–Crippen LogP) is 1.96. The molecule has 0 radical (unpaired) electrons. The van der Waals surface area contributed by atoms with Crippen LogP contribution in [0.3, 0.4) is 0 Å². The Bertz CT molecular complexity index is 492. The van der Waals surface area contributed by atoms with Gasteiger partial charge in [0.25, 0.3) is 5.91 Å². The fourth-order valence-corrected chi connectivity index (χ4v) is 3.34. The average molecular weight is 362 g/mol. The zero-order valence-corrected chi connectivity index (χ0v) is 13.4. The maximum Gasteiger partial charge on any atom is 0.250 e. The van der Waals surface area contributed by atoms with Crippen molar-refractivity contribution in [2.24, 2.45) is 0 Å². The molecular formula is C14H18BrClN2O2. The number of halogens is 2. The SMILES string of the molecule is Cl.O=C(NC1CCc2c(Br)cccc21)C1CNCCO1. The second-order valence-electron chi connectivity index (χ2n) is 4.97. The molecule has 1 heterocycles. The van der Waals surface area contributed by atoms with Gasteiger partial charge in [0.15, 0.2) is 0 Å². The first kappa shape index (κ1) is 15.8. The molecule has 1 fully saturated rings. The van der Waals surface area contributed by atoms with Gasteiger partial charge in [-0.15, -0.1) is 12.4 Å². The maximum atomic E-state index is 12.2. The van der Waals surface area contributed by atoms with Crippen molar-refractivity contribution in [1.29, 1.82) is 0 Å². The van der Waals surface area contributed by atoms with Crippen molar-refractivity contribution in [2.45, 2.75) is 25.0 Å². The Morgan fingerprint density at radius 1 is 1.45 bits per heavy atom. The van der Waals surface area contributed by atoms with E-state index in [9.17, 15) is 4.79 Å². The van der Waals surface area contributed by atoms with E-state index in [1.165, 1.54) is 11.1 Å². The molecule has 4 nitrogen and oxygen atoms in total. The van der Waals surface area contributed by atoms with E-state index in [0.29, 0.717) is 13.2 Å². The number of hydrogen-bond acceptors (Lipinski definition) is 3. The van der Waals surface area contributed by atoms with Crippen molar-refractivity contribution in [3.63, 3.8) is 0 Å². The molecule has 3 rings (SSSR count). The molecule has 1 amide bonds.